The Bertz CT molecular complexity index is 1520. The van der Waals surface area contributed by atoms with E-state index in [1.807, 2.05) is 6.07 Å². The Kier molecular flexibility index (Phi) is 7.91. The van der Waals surface area contributed by atoms with Gasteiger partial charge in [-0.2, -0.15) is 23.5 Å². The normalized spacial score (nSPS) is 15.3. The number of anilines is 1. The van der Waals surface area contributed by atoms with Crippen LogP contribution in [0.4, 0.5) is 18.9 Å². The molecule has 0 spiro atoms. The lowest BCUT2D eigenvalue weighted by Gasteiger charge is -2.18. The standard InChI is InChI=1S/C23H16BrClF3N7O4/c1-11-5-12(8-29)6-13(20(36)31-15-9-39-34(22(15)38)10-23(26,27)28)18(11)32-21(37)16-7-17(24)33-35(16)19-14(25)3-2-4-30-19/h2-7,15H,9-10H2,1H3,(H,31,36)(H,32,37). The molecule has 1 unspecified atom stereocenters. The van der Waals surface area contributed by atoms with Crippen LogP contribution in [-0.2, 0) is 9.63 Å². The van der Waals surface area contributed by atoms with E-state index >= 15 is 0 Å². The van der Waals surface area contributed by atoms with E-state index in [9.17, 15) is 32.8 Å². The number of pyridine rings is 1. The number of nitrogens with one attached hydrogen (secondary N) is 2. The number of halogens is 5. The molecule has 39 heavy (non-hydrogen) atoms. The van der Waals surface area contributed by atoms with Crippen molar-refractivity contribution in [2.45, 2.75) is 19.1 Å². The molecule has 16 heteroatoms. The number of rotatable bonds is 6. The van der Waals surface area contributed by atoms with Gasteiger partial charge in [0, 0.05) is 12.3 Å². The molecular weight excluding hydrogens is 611 g/mol. The number of hydroxylamine groups is 2. The van der Waals surface area contributed by atoms with Crippen LogP contribution in [-0.4, -0.2) is 62.9 Å². The third kappa shape index (κ3) is 6.19. The molecule has 3 heterocycles. The second-order valence-electron chi connectivity index (χ2n) is 8.17. The Morgan fingerprint density at radius 2 is 2.05 bits per heavy atom. The van der Waals surface area contributed by atoms with E-state index < -0.39 is 43.1 Å². The van der Waals surface area contributed by atoms with Crippen LogP contribution in [0.5, 0.6) is 0 Å². The minimum absolute atomic E-state index is 0.00833. The molecule has 1 aromatic carbocycles. The van der Waals surface area contributed by atoms with Crippen molar-refractivity contribution in [3.63, 3.8) is 0 Å². The van der Waals surface area contributed by atoms with Crippen molar-refractivity contribution in [2.75, 3.05) is 18.5 Å². The maximum absolute atomic E-state index is 13.3. The number of alkyl halides is 3. The second-order valence-corrected chi connectivity index (χ2v) is 9.39. The molecule has 4 rings (SSSR count). The van der Waals surface area contributed by atoms with Gasteiger partial charge < -0.3 is 10.6 Å². The first-order valence-electron chi connectivity index (χ1n) is 10.9. The van der Waals surface area contributed by atoms with Crippen molar-refractivity contribution < 1.29 is 32.4 Å². The molecule has 1 saturated heterocycles. The largest absolute Gasteiger partial charge is 0.408 e. The minimum atomic E-state index is -4.70. The Labute approximate surface area is 231 Å². The van der Waals surface area contributed by atoms with E-state index in [2.05, 4.69) is 36.6 Å². The Morgan fingerprint density at radius 3 is 2.72 bits per heavy atom. The van der Waals surface area contributed by atoms with Crippen LogP contribution < -0.4 is 10.6 Å². The minimum Gasteiger partial charge on any atom is -0.338 e. The van der Waals surface area contributed by atoms with Gasteiger partial charge in [0.15, 0.2) is 5.82 Å². The van der Waals surface area contributed by atoms with Crippen LogP contribution in [0.1, 0.15) is 32.0 Å². The van der Waals surface area contributed by atoms with Crippen LogP contribution in [0.15, 0.2) is 41.1 Å². The summed E-state index contributed by atoms with van der Waals surface area (Å²) < 4.78 is 39.5. The number of benzene rings is 1. The molecule has 3 aromatic rings. The second kappa shape index (κ2) is 11.0. The predicted molar refractivity (Wildman–Crippen MR) is 133 cm³/mol. The molecule has 1 fully saturated rings. The van der Waals surface area contributed by atoms with Crippen molar-refractivity contribution >= 4 is 50.9 Å². The van der Waals surface area contributed by atoms with Crippen LogP contribution >= 0.6 is 27.5 Å². The summed E-state index contributed by atoms with van der Waals surface area (Å²) in [4.78, 5) is 47.7. The highest BCUT2D eigenvalue weighted by atomic mass is 79.9. The highest BCUT2D eigenvalue weighted by molar-refractivity contribution is 9.10. The van der Waals surface area contributed by atoms with E-state index in [1.54, 1.807) is 12.1 Å². The number of aromatic nitrogens is 3. The van der Waals surface area contributed by atoms with Gasteiger partial charge in [-0.25, -0.2) is 14.7 Å². The van der Waals surface area contributed by atoms with Crippen LogP contribution in [0.3, 0.4) is 0 Å². The molecular formula is C23H16BrClF3N7O4. The Balaban J connectivity index is 1.63. The van der Waals surface area contributed by atoms with Crippen LogP contribution in [0.2, 0.25) is 5.02 Å². The van der Waals surface area contributed by atoms with Gasteiger partial charge >= 0.3 is 6.18 Å². The average molecular weight is 627 g/mol. The predicted octanol–water partition coefficient (Wildman–Crippen LogP) is 3.55. The van der Waals surface area contributed by atoms with E-state index in [0.29, 0.717) is 5.56 Å². The van der Waals surface area contributed by atoms with E-state index in [1.165, 1.54) is 36.0 Å². The van der Waals surface area contributed by atoms with Crippen molar-refractivity contribution in [3.05, 3.63) is 68.5 Å². The van der Waals surface area contributed by atoms with Gasteiger partial charge in [0.05, 0.1) is 27.9 Å². The zero-order valence-electron chi connectivity index (χ0n) is 19.7. The molecule has 0 saturated carbocycles. The number of aryl methyl sites for hydroxylation is 1. The SMILES string of the molecule is Cc1cc(C#N)cc(C(=O)NC2CON(CC(F)(F)F)C2=O)c1NC(=O)c1cc(Br)nn1-c1ncccc1Cl. The summed E-state index contributed by atoms with van der Waals surface area (Å²) in [6.45, 7) is -0.644. The van der Waals surface area contributed by atoms with Gasteiger partial charge in [-0.15, -0.1) is 0 Å². The third-order valence-electron chi connectivity index (χ3n) is 5.37. The van der Waals surface area contributed by atoms with Crippen LogP contribution in [0, 0.1) is 18.3 Å². The summed E-state index contributed by atoms with van der Waals surface area (Å²) >= 11 is 9.42. The quantitative estimate of drug-likeness (QED) is 0.426. The lowest BCUT2D eigenvalue weighted by molar-refractivity contribution is -0.214. The lowest BCUT2D eigenvalue weighted by atomic mass is 10.0. The highest BCUT2D eigenvalue weighted by Crippen LogP contribution is 2.27. The van der Waals surface area contributed by atoms with Crippen molar-refractivity contribution in [1.82, 2.24) is 25.1 Å². The number of amides is 3. The third-order valence-corrected chi connectivity index (χ3v) is 6.05. The molecule has 202 valence electrons. The molecule has 3 amide bonds. The maximum atomic E-state index is 13.3. The number of nitrogens with zero attached hydrogens (tertiary/aromatic N) is 5. The molecule has 2 N–H and O–H groups in total. The van der Waals surface area contributed by atoms with E-state index in [-0.39, 0.29) is 43.0 Å². The van der Waals surface area contributed by atoms with Gasteiger partial charge in [0.2, 0.25) is 0 Å². The molecule has 11 nitrogen and oxygen atoms in total. The first kappa shape index (κ1) is 28.0. The van der Waals surface area contributed by atoms with Gasteiger partial charge in [0.1, 0.15) is 29.5 Å². The zero-order valence-corrected chi connectivity index (χ0v) is 22.1. The fraction of sp³-hybridized carbons (Fsp3) is 0.217. The van der Waals surface area contributed by atoms with Gasteiger partial charge in [-0.3, -0.25) is 19.2 Å². The van der Waals surface area contributed by atoms with Crippen molar-refractivity contribution in [2.24, 2.45) is 0 Å². The molecule has 0 bridgehead atoms. The first-order valence-corrected chi connectivity index (χ1v) is 12.1. The molecule has 1 aliphatic rings. The highest BCUT2D eigenvalue weighted by Gasteiger charge is 2.41. The molecule has 2 aromatic heterocycles. The number of hydrogen-bond donors (Lipinski definition) is 2. The molecule has 0 aliphatic carbocycles. The summed E-state index contributed by atoms with van der Waals surface area (Å²) in [7, 11) is 0. The van der Waals surface area contributed by atoms with Gasteiger partial charge in [0.25, 0.3) is 17.7 Å². The van der Waals surface area contributed by atoms with Crippen molar-refractivity contribution in [1.29, 1.82) is 5.26 Å². The number of nitriles is 1. The van der Waals surface area contributed by atoms with Gasteiger partial charge in [-0.05, 0) is 52.7 Å². The number of carbonyl (C=O) groups is 3. The first-order chi connectivity index (χ1) is 18.4. The number of carbonyl (C=O) groups excluding carboxylic acids is 3. The maximum Gasteiger partial charge on any atom is 0.408 e. The topological polar surface area (TPSA) is 142 Å². The summed E-state index contributed by atoms with van der Waals surface area (Å²) in [5.74, 6) is -2.59. The van der Waals surface area contributed by atoms with Gasteiger partial charge in [-0.1, -0.05) is 11.6 Å². The van der Waals surface area contributed by atoms with Crippen molar-refractivity contribution in [3.8, 4) is 11.9 Å². The van der Waals surface area contributed by atoms with Crippen LogP contribution in [0.25, 0.3) is 5.82 Å². The van der Waals surface area contributed by atoms with E-state index in [4.69, 9.17) is 16.4 Å². The summed E-state index contributed by atoms with van der Waals surface area (Å²) in [6.07, 6.45) is -3.25. The Hall–Kier alpha value is -4.00. The fourth-order valence-corrected chi connectivity index (χ4v) is 4.26. The average Bonchev–Trinajstić information content (AvgIpc) is 3.41. The Morgan fingerprint density at radius 1 is 1.31 bits per heavy atom. The molecule has 0 radical (unpaired) electrons. The smallest absolute Gasteiger partial charge is 0.338 e. The molecule has 1 atom stereocenters. The summed E-state index contributed by atoms with van der Waals surface area (Å²) in [5.41, 5.74) is 0.159. The summed E-state index contributed by atoms with van der Waals surface area (Å²) in [5, 5.41) is 18.8. The number of hydrogen-bond acceptors (Lipinski definition) is 7. The monoisotopic (exact) mass is 625 g/mol. The fourth-order valence-electron chi connectivity index (χ4n) is 3.68. The van der Waals surface area contributed by atoms with E-state index in [0.717, 1.165) is 0 Å². The summed E-state index contributed by atoms with van der Waals surface area (Å²) in [6, 6.07) is 7.61. The zero-order chi connectivity index (χ0) is 28.5. The lowest BCUT2D eigenvalue weighted by Crippen LogP contribution is -2.44. The molecule has 1 aliphatic heterocycles.